The molecule has 0 aliphatic carbocycles. The number of nitrogens with one attached hydrogen (secondary N) is 1. The molecule has 5 heteroatoms. The molecule has 20 heavy (non-hydrogen) atoms. The Morgan fingerprint density at radius 3 is 2.80 bits per heavy atom. The van der Waals surface area contributed by atoms with E-state index in [9.17, 15) is 9.59 Å². The molecule has 1 heterocycles. The van der Waals surface area contributed by atoms with Gasteiger partial charge in [-0.1, -0.05) is 19.1 Å². The molecule has 0 atom stereocenters. The third kappa shape index (κ3) is 2.88. The van der Waals surface area contributed by atoms with Crippen LogP contribution in [-0.2, 0) is 16.3 Å². The highest BCUT2D eigenvalue weighted by Gasteiger charge is 2.10. The molecule has 5 nitrogen and oxygen atoms in total. The van der Waals surface area contributed by atoms with E-state index >= 15 is 0 Å². The van der Waals surface area contributed by atoms with E-state index in [-0.39, 0.29) is 11.3 Å². The van der Waals surface area contributed by atoms with Gasteiger partial charge in [0.05, 0.1) is 5.52 Å². The minimum Gasteiger partial charge on any atom is -0.364 e. The van der Waals surface area contributed by atoms with Crippen LogP contribution in [0.2, 0.25) is 0 Å². The molecule has 0 saturated carbocycles. The number of pyridine rings is 1. The van der Waals surface area contributed by atoms with Gasteiger partial charge in [-0.2, -0.15) is 0 Å². The van der Waals surface area contributed by atoms with Crippen molar-refractivity contribution in [3.63, 3.8) is 0 Å². The maximum absolute atomic E-state index is 12.4. The average Bonchev–Trinajstić information content (AvgIpc) is 2.44. The Labute approximate surface area is 117 Å². The number of methoxy groups -OCH3 is 1. The molecule has 1 amide bonds. The van der Waals surface area contributed by atoms with Crippen LogP contribution in [0.25, 0.3) is 10.9 Å². The third-order valence-corrected chi connectivity index (χ3v) is 3.01. The molecule has 0 aliphatic rings. The zero-order chi connectivity index (χ0) is 14.5. The van der Waals surface area contributed by atoms with Gasteiger partial charge in [0.1, 0.15) is 12.4 Å². The highest BCUT2D eigenvalue weighted by Crippen LogP contribution is 2.14. The number of para-hydroxylation sites is 1. The summed E-state index contributed by atoms with van der Waals surface area (Å²) in [6.07, 6.45) is 2.77. The van der Waals surface area contributed by atoms with Crippen LogP contribution >= 0.6 is 0 Å². The van der Waals surface area contributed by atoms with Gasteiger partial charge in [0.2, 0.25) is 11.3 Å². The van der Waals surface area contributed by atoms with Crippen molar-refractivity contribution in [3.05, 3.63) is 40.7 Å². The largest absolute Gasteiger partial charge is 0.364 e. The van der Waals surface area contributed by atoms with Crippen LogP contribution in [0.3, 0.4) is 0 Å². The van der Waals surface area contributed by atoms with E-state index in [0.717, 1.165) is 11.9 Å². The molecular weight excluding hydrogens is 256 g/mol. The summed E-state index contributed by atoms with van der Waals surface area (Å²) in [6.45, 7) is 2.24. The van der Waals surface area contributed by atoms with E-state index in [4.69, 9.17) is 4.74 Å². The maximum Gasteiger partial charge on any atom is 0.224 e. The van der Waals surface area contributed by atoms with Crippen LogP contribution in [0.15, 0.2) is 35.3 Å². The van der Waals surface area contributed by atoms with Crippen molar-refractivity contribution in [3.8, 4) is 0 Å². The summed E-state index contributed by atoms with van der Waals surface area (Å²) >= 11 is 0. The predicted octanol–water partition coefficient (Wildman–Crippen LogP) is 2.34. The van der Waals surface area contributed by atoms with Gasteiger partial charge in [0.25, 0.3) is 0 Å². The zero-order valence-corrected chi connectivity index (χ0v) is 11.7. The molecule has 106 valence electrons. The number of fused-ring (bicyclic) bond motifs is 1. The number of anilines is 1. The van der Waals surface area contributed by atoms with Gasteiger partial charge in [-0.25, -0.2) is 0 Å². The van der Waals surface area contributed by atoms with Crippen molar-refractivity contribution < 1.29 is 9.53 Å². The summed E-state index contributed by atoms with van der Waals surface area (Å²) in [6, 6.07) is 7.27. The van der Waals surface area contributed by atoms with Crippen molar-refractivity contribution in [2.75, 3.05) is 12.4 Å². The first-order valence-corrected chi connectivity index (χ1v) is 6.58. The lowest BCUT2D eigenvalue weighted by molar-refractivity contribution is -0.116. The third-order valence-electron chi connectivity index (χ3n) is 3.01. The molecule has 0 spiro atoms. The van der Waals surface area contributed by atoms with E-state index in [1.807, 2.05) is 19.1 Å². The second-order valence-corrected chi connectivity index (χ2v) is 4.57. The Balaban J connectivity index is 2.52. The smallest absolute Gasteiger partial charge is 0.224 e. The molecule has 0 aliphatic heterocycles. The number of rotatable bonds is 5. The number of benzene rings is 1. The summed E-state index contributed by atoms with van der Waals surface area (Å²) in [4.78, 5) is 24.0. The monoisotopic (exact) mass is 274 g/mol. The topological polar surface area (TPSA) is 60.3 Å². The number of aromatic nitrogens is 1. The first-order valence-electron chi connectivity index (χ1n) is 6.58. The number of hydrogen-bond donors (Lipinski definition) is 1. The minimum absolute atomic E-state index is 0.149. The fourth-order valence-corrected chi connectivity index (χ4v) is 2.12. The second kappa shape index (κ2) is 6.34. The number of carbonyl (C=O) groups excluding carboxylic acids is 1. The molecule has 0 fully saturated rings. The van der Waals surface area contributed by atoms with Crippen molar-refractivity contribution in [2.45, 2.75) is 26.5 Å². The SMILES string of the molecule is CCCC(=O)Nc1cn(COC)c2ccccc2c1=O. The van der Waals surface area contributed by atoms with Crippen LogP contribution < -0.4 is 10.7 Å². The molecule has 0 bridgehead atoms. The van der Waals surface area contributed by atoms with Gasteiger partial charge in [0.15, 0.2) is 0 Å². The fourth-order valence-electron chi connectivity index (χ4n) is 2.12. The lowest BCUT2D eigenvalue weighted by Crippen LogP contribution is -2.20. The maximum atomic E-state index is 12.4. The van der Waals surface area contributed by atoms with Gasteiger partial charge in [-0.05, 0) is 18.6 Å². The average molecular weight is 274 g/mol. The fraction of sp³-hybridized carbons (Fsp3) is 0.333. The van der Waals surface area contributed by atoms with E-state index in [2.05, 4.69) is 5.32 Å². The van der Waals surface area contributed by atoms with Crippen LogP contribution in [0.5, 0.6) is 0 Å². The van der Waals surface area contributed by atoms with E-state index < -0.39 is 0 Å². The standard InChI is InChI=1S/C15H18N2O3/c1-3-6-14(18)16-12-9-17(10-20-2)13-8-5-4-7-11(13)15(12)19/h4-5,7-9H,3,6,10H2,1-2H3,(H,16,18). The van der Waals surface area contributed by atoms with E-state index in [1.165, 1.54) is 0 Å². The molecule has 0 unspecified atom stereocenters. The second-order valence-electron chi connectivity index (χ2n) is 4.57. The van der Waals surface area contributed by atoms with Gasteiger partial charge in [0, 0.05) is 25.1 Å². The van der Waals surface area contributed by atoms with Crippen LogP contribution in [-0.4, -0.2) is 17.6 Å². The molecule has 2 rings (SSSR count). The van der Waals surface area contributed by atoms with Crippen molar-refractivity contribution in [2.24, 2.45) is 0 Å². The molecular formula is C15H18N2O3. The first kappa shape index (κ1) is 14.3. The number of amides is 1. The number of hydrogen-bond acceptors (Lipinski definition) is 3. The normalized spacial score (nSPS) is 10.7. The van der Waals surface area contributed by atoms with E-state index in [0.29, 0.717) is 24.2 Å². The van der Waals surface area contributed by atoms with Crippen LogP contribution in [0.1, 0.15) is 19.8 Å². The summed E-state index contributed by atoms with van der Waals surface area (Å²) < 4.78 is 6.94. The molecule has 1 aromatic carbocycles. The first-order chi connectivity index (χ1) is 9.67. The zero-order valence-electron chi connectivity index (χ0n) is 11.7. The highest BCUT2D eigenvalue weighted by atomic mass is 16.5. The molecule has 0 saturated heterocycles. The van der Waals surface area contributed by atoms with Crippen molar-refractivity contribution >= 4 is 22.5 Å². The Morgan fingerprint density at radius 1 is 1.35 bits per heavy atom. The number of ether oxygens (including phenoxy) is 1. The van der Waals surface area contributed by atoms with Gasteiger partial charge in [-0.3, -0.25) is 9.59 Å². The minimum atomic E-state index is -0.169. The summed E-state index contributed by atoms with van der Waals surface area (Å²) in [5.74, 6) is -0.149. The van der Waals surface area contributed by atoms with Crippen LogP contribution in [0, 0.1) is 0 Å². The number of nitrogens with zero attached hydrogens (tertiary/aromatic N) is 1. The van der Waals surface area contributed by atoms with E-state index in [1.54, 1.807) is 30.0 Å². The Kier molecular flexibility index (Phi) is 4.53. The lowest BCUT2D eigenvalue weighted by Gasteiger charge is -2.13. The molecule has 1 N–H and O–H groups in total. The van der Waals surface area contributed by atoms with Crippen LogP contribution in [0.4, 0.5) is 5.69 Å². The van der Waals surface area contributed by atoms with Gasteiger partial charge >= 0.3 is 0 Å². The molecule has 1 aromatic heterocycles. The van der Waals surface area contributed by atoms with Crippen molar-refractivity contribution in [1.29, 1.82) is 0 Å². The van der Waals surface area contributed by atoms with Crippen molar-refractivity contribution in [1.82, 2.24) is 4.57 Å². The summed E-state index contributed by atoms with van der Waals surface area (Å²) in [5.41, 5.74) is 0.907. The van der Waals surface area contributed by atoms with Gasteiger partial charge in [-0.15, -0.1) is 0 Å². The Hall–Kier alpha value is -2.14. The highest BCUT2D eigenvalue weighted by molar-refractivity contribution is 5.93. The summed E-state index contributed by atoms with van der Waals surface area (Å²) in [7, 11) is 1.59. The number of carbonyl (C=O) groups is 1. The molecule has 2 aromatic rings. The lowest BCUT2D eigenvalue weighted by atomic mass is 10.2. The van der Waals surface area contributed by atoms with Gasteiger partial charge < -0.3 is 14.6 Å². The quantitative estimate of drug-likeness (QED) is 0.910. The Morgan fingerprint density at radius 2 is 2.10 bits per heavy atom. The Bertz CT molecular complexity index is 676. The summed E-state index contributed by atoms with van der Waals surface area (Å²) in [5, 5.41) is 3.24. The molecule has 0 radical (unpaired) electrons. The predicted molar refractivity (Wildman–Crippen MR) is 78.8 cm³/mol.